The topological polar surface area (TPSA) is 40.5 Å². The number of rotatable bonds is 10. The zero-order valence-corrected chi connectivity index (χ0v) is 41.2. The SMILES string of the molecule is CCCCC1=Cc2c(-c3ccccc3)cccc2[CH]1[Zr]([CH3])([CH3])(=[SiH2])[CH]1C(CCCC)=Cc2c(-c3ccccc3)cccc21.Cc1cccc(C)c1O.Cc1cccc(C)c1O. The number of para-hydroxylation sites is 2. The average molecular weight is 890 g/mol. The third-order valence-corrected chi connectivity index (χ3v) is 30.4. The van der Waals surface area contributed by atoms with E-state index in [9.17, 15) is 10.2 Å². The molecule has 0 aromatic heterocycles. The smallest absolute Gasteiger partial charge is 0.121 e. The van der Waals surface area contributed by atoms with Crippen LogP contribution >= 0.6 is 0 Å². The molecule has 0 fully saturated rings. The second kappa shape index (κ2) is 19.5. The van der Waals surface area contributed by atoms with Crippen molar-refractivity contribution in [3.8, 4) is 33.8 Å². The summed E-state index contributed by atoms with van der Waals surface area (Å²) < 4.78 is 6.75. The number of hydrogen-bond acceptors (Lipinski definition) is 2. The van der Waals surface area contributed by atoms with Crippen LogP contribution in [-0.4, -0.2) is 17.1 Å². The Labute approximate surface area is 363 Å². The summed E-state index contributed by atoms with van der Waals surface area (Å²) in [5, 5.41) is 18.4. The fraction of sp³-hybridized carbons (Fsp3) is 0.286. The second-order valence-electron chi connectivity index (χ2n) is 18.3. The van der Waals surface area contributed by atoms with E-state index in [0.717, 1.165) is 22.3 Å². The maximum absolute atomic E-state index is 9.21. The van der Waals surface area contributed by atoms with Crippen LogP contribution in [0, 0.1) is 27.7 Å². The number of allylic oxidation sites excluding steroid dienone is 2. The number of phenolic OH excluding ortho intramolecular Hbond substituents is 2. The van der Waals surface area contributed by atoms with Gasteiger partial charge in [-0.15, -0.1) is 0 Å². The van der Waals surface area contributed by atoms with Crippen molar-refractivity contribution in [2.45, 2.75) is 96.6 Å². The standard InChI is InChI=1S/2C19H19.2C8H10O.2CH3.H2Si.Zr/c2*1-2-3-8-15-13-17-11-7-12-18(19(17)14-15)16-9-5-4-6-10-16;2*1-6-4-3-5-7(2)8(6)9;;;;/h2*4-7,9-14H,2-3,8H2,1H3;2*3-5,9H,1-2H3;2*1H3;1H2;. The molecule has 6 aromatic carbocycles. The third kappa shape index (κ3) is 9.67. The monoisotopic (exact) mass is 888 g/mol. The predicted octanol–water partition coefficient (Wildman–Crippen LogP) is 15.3. The summed E-state index contributed by atoms with van der Waals surface area (Å²) >= 11 is -3.65. The summed E-state index contributed by atoms with van der Waals surface area (Å²) in [5.74, 6) is 0.829. The Morgan fingerprint density at radius 1 is 0.467 bits per heavy atom. The van der Waals surface area contributed by atoms with Gasteiger partial charge in [0.05, 0.1) is 0 Å². The van der Waals surface area contributed by atoms with Gasteiger partial charge in [-0.2, -0.15) is 0 Å². The maximum atomic E-state index is 9.21. The molecule has 60 heavy (non-hydrogen) atoms. The van der Waals surface area contributed by atoms with Crippen molar-refractivity contribution >= 4 is 19.0 Å². The van der Waals surface area contributed by atoms with Crippen molar-refractivity contribution in [2.75, 3.05) is 0 Å². The summed E-state index contributed by atoms with van der Waals surface area (Å²) in [6.45, 7) is 14.7. The van der Waals surface area contributed by atoms with Crippen molar-refractivity contribution in [1.29, 1.82) is 0 Å². The maximum Gasteiger partial charge on any atom is 0.121 e. The van der Waals surface area contributed by atoms with Crippen molar-refractivity contribution in [3.05, 3.63) is 189 Å². The largest absolute Gasteiger partial charge is 0.507 e. The molecule has 2 aliphatic rings. The van der Waals surface area contributed by atoms with Gasteiger partial charge in [-0.25, -0.2) is 0 Å². The second-order valence-corrected chi connectivity index (χ2v) is 48.8. The Kier molecular flexibility index (Phi) is 14.6. The van der Waals surface area contributed by atoms with E-state index in [1.54, 1.807) is 22.3 Å². The number of unbranched alkanes of at least 4 members (excludes halogenated alkanes) is 2. The minimum atomic E-state index is -3.65. The quantitative estimate of drug-likeness (QED) is 0.135. The van der Waals surface area contributed by atoms with E-state index in [4.69, 9.17) is 0 Å². The van der Waals surface area contributed by atoms with Crippen LogP contribution in [0.2, 0.25) is 9.26 Å². The number of aryl methyl sites for hydroxylation is 4. The van der Waals surface area contributed by atoms with E-state index < -0.39 is 17.4 Å². The van der Waals surface area contributed by atoms with Crippen molar-refractivity contribution in [2.24, 2.45) is 0 Å². The number of aromatic hydroxyl groups is 2. The van der Waals surface area contributed by atoms with E-state index in [0.29, 0.717) is 18.8 Å². The van der Waals surface area contributed by atoms with Gasteiger partial charge in [-0.1, -0.05) is 36.4 Å². The van der Waals surface area contributed by atoms with E-state index in [2.05, 4.69) is 139 Å². The van der Waals surface area contributed by atoms with Crippen LogP contribution in [-0.2, 0) is 17.4 Å². The zero-order chi connectivity index (χ0) is 43.1. The van der Waals surface area contributed by atoms with Gasteiger partial charge in [0.1, 0.15) is 11.5 Å². The van der Waals surface area contributed by atoms with Crippen LogP contribution in [0.25, 0.3) is 34.4 Å². The van der Waals surface area contributed by atoms with Crippen LogP contribution in [0.15, 0.2) is 145 Å². The first kappa shape index (κ1) is 45.0. The minimum Gasteiger partial charge on any atom is -0.507 e. The van der Waals surface area contributed by atoms with Crippen molar-refractivity contribution < 1.29 is 27.6 Å². The molecule has 2 N–H and O–H groups in total. The minimum absolute atomic E-state index is 0.414. The van der Waals surface area contributed by atoms with E-state index in [-0.39, 0.29) is 0 Å². The Balaban J connectivity index is 0.000000275. The van der Waals surface area contributed by atoms with Gasteiger partial charge < -0.3 is 10.2 Å². The molecule has 2 unspecified atom stereocenters. The van der Waals surface area contributed by atoms with Gasteiger partial charge in [0.15, 0.2) is 0 Å². The first-order valence-corrected chi connectivity index (χ1v) is 35.8. The van der Waals surface area contributed by atoms with Gasteiger partial charge in [0.2, 0.25) is 0 Å². The molecule has 2 nitrogen and oxygen atoms in total. The Morgan fingerprint density at radius 3 is 1.12 bits per heavy atom. The van der Waals surface area contributed by atoms with Gasteiger partial charge in [-0.05, 0) is 49.9 Å². The van der Waals surface area contributed by atoms with Gasteiger partial charge >= 0.3 is 258 Å². The Bertz CT molecular complexity index is 2350. The zero-order valence-electron chi connectivity index (χ0n) is 37.4. The summed E-state index contributed by atoms with van der Waals surface area (Å²) in [6, 6.07) is 47.9. The number of phenols is 2. The molecule has 8 rings (SSSR count). The van der Waals surface area contributed by atoms with Gasteiger partial charge in [0, 0.05) is 0 Å². The molecule has 0 aliphatic heterocycles. The van der Waals surface area contributed by atoms with E-state index in [1.165, 1.54) is 71.9 Å². The van der Waals surface area contributed by atoms with Gasteiger partial charge in [0.25, 0.3) is 0 Å². The molecular weight excluding hydrogens is 824 g/mol. The fourth-order valence-electron chi connectivity index (χ4n) is 9.88. The van der Waals surface area contributed by atoms with Crippen LogP contribution in [0.5, 0.6) is 11.5 Å². The summed E-state index contributed by atoms with van der Waals surface area (Å²) in [5.41, 5.74) is 18.9. The van der Waals surface area contributed by atoms with Crippen LogP contribution in [0.3, 0.4) is 0 Å². The fourth-order valence-corrected chi connectivity index (χ4v) is 29.8. The summed E-state index contributed by atoms with van der Waals surface area (Å²) in [7, 11) is 0. The normalized spacial score (nSPS) is 15.4. The summed E-state index contributed by atoms with van der Waals surface area (Å²) in [4.78, 5) is 0. The average Bonchev–Trinajstić information content (AvgIpc) is 3.84. The molecule has 2 aliphatic carbocycles. The number of benzene rings is 6. The summed E-state index contributed by atoms with van der Waals surface area (Å²) in [6.07, 6.45) is 12.7. The Hall–Kier alpha value is -4.50. The van der Waals surface area contributed by atoms with E-state index in [1.807, 2.05) is 64.1 Å². The van der Waals surface area contributed by atoms with Crippen LogP contribution < -0.4 is 0 Å². The molecule has 0 amide bonds. The molecule has 4 heteroatoms. The molecule has 310 valence electrons. The predicted molar refractivity (Wildman–Crippen MR) is 260 cm³/mol. The first-order chi connectivity index (χ1) is 28.8. The molecule has 0 bridgehead atoms. The van der Waals surface area contributed by atoms with E-state index >= 15 is 0 Å². The Morgan fingerprint density at radius 2 is 0.800 bits per heavy atom. The molecule has 0 saturated heterocycles. The molecule has 0 spiro atoms. The molecular formula is C56H66O2SiZr. The molecule has 0 heterocycles. The third-order valence-electron chi connectivity index (χ3n) is 12.9. The van der Waals surface area contributed by atoms with Crippen LogP contribution in [0.1, 0.15) is 104 Å². The molecule has 2 atom stereocenters. The van der Waals surface area contributed by atoms with Gasteiger partial charge in [-0.3, -0.25) is 0 Å². The number of hydrogen-bond donors (Lipinski definition) is 2. The molecule has 0 radical (unpaired) electrons. The van der Waals surface area contributed by atoms with Crippen molar-refractivity contribution in [3.63, 3.8) is 0 Å². The number of fused-ring (bicyclic) bond motifs is 2. The molecule has 6 aromatic rings. The molecule has 0 saturated carbocycles. The van der Waals surface area contributed by atoms with Crippen LogP contribution in [0.4, 0.5) is 0 Å². The first-order valence-electron chi connectivity index (χ1n) is 22.1. The van der Waals surface area contributed by atoms with Crippen molar-refractivity contribution in [1.82, 2.24) is 0 Å².